The largest absolute Gasteiger partial charge is 0.337 e. The quantitative estimate of drug-likeness (QED) is 0.643. The van der Waals surface area contributed by atoms with Crippen molar-refractivity contribution in [3.8, 4) is 11.4 Å². The van der Waals surface area contributed by atoms with Gasteiger partial charge in [-0.1, -0.05) is 35.0 Å². The molecule has 2 heterocycles. The third-order valence-electron chi connectivity index (χ3n) is 4.64. The van der Waals surface area contributed by atoms with Crippen LogP contribution in [0.2, 0.25) is 5.02 Å². The SMILES string of the molecule is O=C(c1cccc(F)c1)N1CCCCC1c1nc(-c2cccc(Cl)c2)no1. The second-order valence-corrected chi connectivity index (χ2v) is 6.92. The van der Waals surface area contributed by atoms with Crippen LogP contribution in [0.1, 0.15) is 41.6 Å². The Balaban J connectivity index is 1.62. The number of piperidine rings is 1. The molecule has 1 aromatic heterocycles. The van der Waals surface area contributed by atoms with Crippen LogP contribution >= 0.6 is 11.6 Å². The maximum Gasteiger partial charge on any atom is 0.254 e. The number of aromatic nitrogens is 2. The summed E-state index contributed by atoms with van der Waals surface area (Å²) >= 11 is 6.03. The molecule has 1 fully saturated rings. The summed E-state index contributed by atoms with van der Waals surface area (Å²) < 4.78 is 19.0. The van der Waals surface area contributed by atoms with Crippen molar-refractivity contribution in [1.29, 1.82) is 0 Å². The van der Waals surface area contributed by atoms with E-state index in [-0.39, 0.29) is 11.9 Å². The van der Waals surface area contributed by atoms with Crippen LogP contribution in [0.15, 0.2) is 53.1 Å². The number of benzene rings is 2. The Morgan fingerprint density at radius 3 is 2.85 bits per heavy atom. The summed E-state index contributed by atoms with van der Waals surface area (Å²) in [6.07, 6.45) is 2.55. The molecule has 1 atom stereocenters. The van der Waals surface area contributed by atoms with E-state index >= 15 is 0 Å². The van der Waals surface area contributed by atoms with Crippen molar-refractivity contribution in [2.24, 2.45) is 0 Å². The zero-order valence-electron chi connectivity index (χ0n) is 14.4. The van der Waals surface area contributed by atoms with E-state index in [0.29, 0.717) is 28.8 Å². The van der Waals surface area contributed by atoms with E-state index in [1.54, 1.807) is 23.1 Å². The lowest BCUT2D eigenvalue weighted by atomic mass is 10.0. The lowest BCUT2D eigenvalue weighted by molar-refractivity contribution is 0.0561. The number of rotatable bonds is 3. The predicted octanol–water partition coefficient (Wildman–Crippen LogP) is 4.90. The summed E-state index contributed by atoms with van der Waals surface area (Å²) in [5.41, 5.74) is 1.06. The summed E-state index contributed by atoms with van der Waals surface area (Å²) in [7, 11) is 0. The second kappa shape index (κ2) is 7.48. The van der Waals surface area contributed by atoms with Gasteiger partial charge < -0.3 is 9.42 Å². The van der Waals surface area contributed by atoms with Crippen molar-refractivity contribution in [2.75, 3.05) is 6.54 Å². The molecule has 1 unspecified atom stereocenters. The van der Waals surface area contributed by atoms with Gasteiger partial charge >= 0.3 is 0 Å². The van der Waals surface area contributed by atoms with Crippen LogP contribution in [0.4, 0.5) is 4.39 Å². The number of carbonyl (C=O) groups excluding carboxylic acids is 1. The summed E-state index contributed by atoms with van der Waals surface area (Å²) in [4.78, 5) is 19.1. The van der Waals surface area contributed by atoms with Gasteiger partial charge in [-0.05, 0) is 49.6 Å². The molecule has 0 N–H and O–H groups in total. The van der Waals surface area contributed by atoms with E-state index in [1.807, 2.05) is 12.1 Å². The Kier molecular flexibility index (Phi) is 4.90. The van der Waals surface area contributed by atoms with E-state index < -0.39 is 5.82 Å². The monoisotopic (exact) mass is 385 g/mol. The minimum absolute atomic E-state index is 0.235. The molecule has 1 aliphatic rings. The summed E-state index contributed by atoms with van der Waals surface area (Å²) in [6.45, 7) is 0.564. The number of carbonyl (C=O) groups is 1. The normalized spacial score (nSPS) is 17.1. The van der Waals surface area contributed by atoms with Gasteiger partial charge in [0.1, 0.15) is 11.9 Å². The van der Waals surface area contributed by atoms with Crippen molar-refractivity contribution in [3.05, 3.63) is 70.8 Å². The number of hydrogen-bond donors (Lipinski definition) is 0. The van der Waals surface area contributed by atoms with Crippen molar-refractivity contribution in [2.45, 2.75) is 25.3 Å². The minimum Gasteiger partial charge on any atom is -0.337 e. The number of hydrogen-bond acceptors (Lipinski definition) is 4. The zero-order valence-corrected chi connectivity index (χ0v) is 15.2. The Morgan fingerprint density at radius 2 is 2.04 bits per heavy atom. The van der Waals surface area contributed by atoms with E-state index in [0.717, 1.165) is 24.8 Å². The molecule has 1 aliphatic heterocycles. The Morgan fingerprint density at radius 1 is 1.19 bits per heavy atom. The highest BCUT2D eigenvalue weighted by Gasteiger charge is 2.33. The number of likely N-dealkylation sites (tertiary alicyclic amines) is 1. The zero-order chi connectivity index (χ0) is 18.8. The molecule has 27 heavy (non-hydrogen) atoms. The van der Waals surface area contributed by atoms with Gasteiger partial charge in [-0.15, -0.1) is 0 Å². The molecule has 1 amide bonds. The van der Waals surface area contributed by atoms with Gasteiger partial charge in [0.2, 0.25) is 11.7 Å². The lowest BCUT2D eigenvalue weighted by Gasteiger charge is -2.33. The maximum absolute atomic E-state index is 13.5. The molecule has 4 rings (SSSR count). The molecule has 0 aliphatic carbocycles. The second-order valence-electron chi connectivity index (χ2n) is 6.49. The van der Waals surface area contributed by atoms with Gasteiger partial charge in [-0.2, -0.15) is 4.98 Å². The van der Waals surface area contributed by atoms with Crippen LogP contribution < -0.4 is 0 Å². The van der Waals surface area contributed by atoms with Crippen LogP contribution in [0.25, 0.3) is 11.4 Å². The highest BCUT2D eigenvalue weighted by molar-refractivity contribution is 6.30. The molecule has 0 saturated carbocycles. The molecule has 3 aromatic rings. The van der Waals surface area contributed by atoms with Crippen molar-refractivity contribution in [1.82, 2.24) is 15.0 Å². The van der Waals surface area contributed by atoms with Gasteiger partial charge in [0.15, 0.2) is 0 Å². The number of halogens is 2. The van der Waals surface area contributed by atoms with Crippen LogP contribution in [0, 0.1) is 5.82 Å². The first-order chi connectivity index (χ1) is 13.1. The fourth-order valence-electron chi connectivity index (χ4n) is 3.33. The summed E-state index contributed by atoms with van der Waals surface area (Å²) in [5, 5.41) is 4.62. The molecule has 5 nitrogen and oxygen atoms in total. The maximum atomic E-state index is 13.5. The highest BCUT2D eigenvalue weighted by Crippen LogP contribution is 2.32. The van der Waals surface area contributed by atoms with Crippen LogP contribution in [0.3, 0.4) is 0 Å². The fraction of sp³-hybridized carbons (Fsp3) is 0.250. The highest BCUT2D eigenvalue weighted by atomic mass is 35.5. The van der Waals surface area contributed by atoms with Crippen molar-refractivity contribution in [3.63, 3.8) is 0 Å². The minimum atomic E-state index is -0.435. The standard InChI is InChI=1S/C20H17ClFN3O2/c21-15-7-3-5-13(11-15)18-23-19(27-24-18)17-9-1-2-10-25(17)20(26)14-6-4-8-16(22)12-14/h3-8,11-12,17H,1-2,9-10H2. The molecule has 138 valence electrons. The van der Waals surface area contributed by atoms with Gasteiger partial charge in [-0.25, -0.2) is 4.39 Å². The molecular weight excluding hydrogens is 369 g/mol. The molecule has 2 aromatic carbocycles. The third kappa shape index (κ3) is 3.71. The first-order valence-corrected chi connectivity index (χ1v) is 9.16. The van der Waals surface area contributed by atoms with Gasteiger partial charge in [-0.3, -0.25) is 4.79 Å². The Bertz CT molecular complexity index is 975. The van der Waals surface area contributed by atoms with Gasteiger partial charge in [0.05, 0.1) is 0 Å². The lowest BCUT2D eigenvalue weighted by Crippen LogP contribution is -2.38. The van der Waals surface area contributed by atoms with Crippen molar-refractivity contribution < 1.29 is 13.7 Å². The van der Waals surface area contributed by atoms with E-state index in [9.17, 15) is 9.18 Å². The van der Waals surface area contributed by atoms with Crippen LogP contribution in [-0.4, -0.2) is 27.5 Å². The predicted molar refractivity (Wildman–Crippen MR) is 98.8 cm³/mol. The molecule has 0 spiro atoms. The van der Waals surface area contributed by atoms with E-state index in [2.05, 4.69) is 10.1 Å². The third-order valence-corrected chi connectivity index (χ3v) is 4.88. The molecule has 0 bridgehead atoms. The first kappa shape index (κ1) is 17.7. The van der Waals surface area contributed by atoms with Crippen LogP contribution in [-0.2, 0) is 0 Å². The Labute approximate surface area is 160 Å². The first-order valence-electron chi connectivity index (χ1n) is 8.78. The number of amides is 1. The average Bonchev–Trinajstić information content (AvgIpc) is 3.17. The summed E-state index contributed by atoms with van der Waals surface area (Å²) in [6, 6.07) is 12.6. The Hall–Kier alpha value is -2.73. The van der Waals surface area contributed by atoms with Gasteiger partial charge in [0.25, 0.3) is 5.91 Å². The molecule has 0 radical (unpaired) electrons. The van der Waals surface area contributed by atoms with Gasteiger partial charge in [0, 0.05) is 22.7 Å². The fourth-order valence-corrected chi connectivity index (χ4v) is 3.52. The smallest absolute Gasteiger partial charge is 0.254 e. The van der Waals surface area contributed by atoms with E-state index in [4.69, 9.17) is 16.1 Å². The molecule has 1 saturated heterocycles. The number of nitrogens with zero attached hydrogens (tertiary/aromatic N) is 3. The van der Waals surface area contributed by atoms with E-state index in [1.165, 1.54) is 18.2 Å². The summed E-state index contributed by atoms with van der Waals surface area (Å²) in [5.74, 6) is 0.141. The average molecular weight is 386 g/mol. The van der Waals surface area contributed by atoms with Crippen LogP contribution in [0.5, 0.6) is 0 Å². The topological polar surface area (TPSA) is 59.2 Å². The molecule has 7 heteroatoms. The molecular formula is C20H17ClFN3O2. The van der Waals surface area contributed by atoms with Crippen molar-refractivity contribution >= 4 is 17.5 Å².